The van der Waals surface area contributed by atoms with Gasteiger partial charge in [0.25, 0.3) is 0 Å². The highest BCUT2D eigenvalue weighted by Gasteiger charge is 2.32. The van der Waals surface area contributed by atoms with E-state index in [1.54, 1.807) is 6.07 Å². The third-order valence-corrected chi connectivity index (χ3v) is 9.40. The molecule has 5 aromatic carbocycles. The van der Waals surface area contributed by atoms with Crippen molar-refractivity contribution in [3.05, 3.63) is 126 Å². The number of ketones is 1. The van der Waals surface area contributed by atoms with E-state index in [0.717, 1.165) is 28.9 Å². The maximum absolute atomic E-state index is 14.4. The zero-order valence-corrected chi connectivity index (χ0v) is 29.8. The molecule has 1 aromatic heterocycles. The van der Waals surface area contributed by atoms with Crippen molar-refractivity contribution in [2.24, 2.45) is 5.41 Å². The number of phenols is 1. The van der Waals surface area contributed by atoms with Crippen LogP contribution in [0.15, 0.2) is 109 Å². The molecule has 2 N–H and O–H groups in total. The Balaban J connectivity index is 1.45. The van der Waals surface area contributed by atoms with Gasteiger partial charge in [0, 0.05) is 54.1 Å². The molecule has 1 aliphatic rings. The van der Waals surface area contributed by atoms with Crippen molar-refractivity contribution in [2.45, 2.75) is 46.5 Å². The molecule has 0 aliphatic heterocycles. The van der Waals surface area contributed by atoms with Gasteiger partial charge in [0.1, 0.15) is 17.0 Å². The van der Waals surface area contributed by atoms with Crippen LogP contribution >= 0.6 is 0 Å². The van der Waals surface area contributed by atoms with Gasteiger partial charge in [-0.1, -0.05) is 89.2 Å². The number of hydrogen-bond donors (Lipinski definition) is 2. The average molecular weight is 662 g/mol. The Labute approximate surface area is 294 Å². The second-order valence-corrected chi connectivity index (χ2v) is 15.3. The zero-order valence-electron chi connectivity index (χ0n) is 29.8. The molecule has 50 heavy (non-hydrogen) atoms. The number of carbonyl (C=O) groups excluding carboxylic acids is 1. The first kappa shape index (κ1) is 32.9. The SMILES string of the molecule is CN(C)c1ccc(-c2cc3c4c(c(Nc5ccccc5)cc(Oc5ccc(C(C)(C)CC(C)(C)C)cc5)c4n2)C(=O)c2ccccc2-3)c(O)c1. The fraction of sp³-hybridized carbons (Fsp3) is 0.227. The quantitative estimate of drug-likeness (QED) is 0.169. The first-order valence-electron chi connectivity index (χ1n) is 17.1. The minimum atomic E-state index is -0.0822. The largest absolute Gasteiger partial charge is 0.507 e. The van der Waals surface area contributed by atoms with Crippen molar-refractivity contribution in [3.63, 3.8) is 0 Å². The van der Waals surface area contributed by atoms with Gasteiger partial charge in [0.2, 0.25) is 0 Å². The van der Waals surface area contributed by atoms with Crippen LogP contribution in [0.25, 0.3) is 33.3 Å². The number of nitrogens with zero attached hydrogens (tertiary/aromatic N) is 2. The van der Waals surface area contributed by atoms with Crippen molar-refractivity contribution < 1.29 is 14.6 Å². The number of aromatic nitrogens is 1. The van der Waals surface area contributed by atoms with Crippen LogP contribution in [-0.4, -0.2) is 30.0 Å². The number of nitrogens with one attached hydrogen (secondary N) is 1. The summed E-state index contributed by atoms with van der Waals surface area (Å²) in [6.45, 7) is 11.4. The maximum atomic E-state index is 14.4. The summed E-state index contributed by atoms with van der Waals surface area (Å²) in [6, 6.07) is 35.2. The van der Waals surface area contributed by atoms with Gasteiger partial charge in [0.15, 0.2) is 11.5 Å². The number of aromatic hydroxyl groups is 1. The Hall–Kier alpha value is -5.62. The molecule has 0 saturated heterocycles. The molecule has 0 saturated carbocycles. The number of phenolic OH excluding ortho intramolecular Hbond substituents is 1. The molecule has 7 rings (SSSR count). The highest BCUT2D eigenvalue weighted by molar-refractivity contribution is 6.29. The number of anilines is 3. The lowest BCUT2D eigenvalue weighted by molar-refractivity contribution is 0.104. The lowest BCUT2D eigenvalue weighted by atomic mass is 9.72. The molecule has 0 unspecified atom stereocenters. The van der Waals surface area contributed by atoms with Crippen molar-refractivity contribution in [2.75, 3.05) is 24.3 Å². The monoisotopic (exact) mass is 661 g/mol. The Morgan fingerprint density at radius 2 is 1.44 bits per heavy atom. The van der Waals surface area contributed by atoms with E-state index in [-0.39, 0.29) is 22.4 Å². The fourth-order valence-electron chi connectivity index (χ4n) is 7.42. The second-order valence-electron chi connectivity index (χ2n) is 15.3. The molecule has 1 heterocycles. The van der Waals surface area contributed by atoms with Gasteiger partial charge >= 0.3 is 0 Å². The number of fused-ring (bicyclic) bond motifs is 2. The zero-order chi connectivity index (χ0) is 35.4. The summed E-state index contributed by atoms with van der Waals surface area (Å²) in [7, 11) is 3.87. The van der Waals surface area contributed by atoms with E-state index < -0.39 is 0 Å². The molecular formula is C44H43N3O3. The average Bonchev–Trinajstić information content (AvgIpc) is 3.07. The molecule has 6 aromatic rings. The normalized spacial score (nSPS) is 12.5. The summed E-state index contributed by atoms with van der Waals surface area (Å²) >= 11 is 0. The number of rotatable bonds is 8. The minimum Gasteiger partial charge on any atom is -0.507 e. The summed E-state index contributed by atoms with van der Waals surface area (Å²) in [4.78, 5) is 21.5. The predicted molar refractivity (Wildman–Crippen MR) is 205 cm³/mol. The molecule has 1 aliphatic carbocycles. The number of pyridine rings is 1. The van der Waals surface area contributed by atoms with Crippen LogP contribution in [0.4, 0.5) is 17.1 Å². The summed E-state index contributed by atoms with van der Waals surface area (Å²) < 4.78 is 6.73. The molecule has 0 atom stereocenters. The van der Waals surface area contributed by atoms with Crippen molar-refractivity contribution in [1.82, 2.24) is 4.98 Å². The van der Waals surface area contributed by atoms with Gasteiger partial charge in [-0.3, -0.25) is 4.79 Å². The second kappa shape index (κ2) is 12.4. The standard InChI is InChI=1S/C44H43N3O3/c1-43(2,3)26-44(4,5)27-17-20-30(21-18-27)50-38-25-36(45-28-13-9-8-10-14-28)40-39-34(31-15-11-12-16-32(31)42(40)49)24-35(46-41(38)39)33-22-19-29(47(6)7)23-37(33)48/h8-25,45,48H,26H2,1-7H3. The van der Waals surface area contributed by atoms with Crippen LogP contribution in [0, 0.1) is 5.41 Å². The molecule has 0 radical (unpaired) electrons. The molecule has 6 nitrogen and oxygen atoms in total. The highest BCUT2D eigenvalue weighted by Crippen LogP contribution is 2.48. The number of carbonyl (C=O) groups is 1. The molecule has 0 fully saturated rings. The van der Waals surface area contributed by atoms with E-state index in [9.17, 15) is 9.90 Å². The third-order valence-electron chi connectivity index (χ3n) is 9.40. The molecule has 252 valence electrons. The first-order valence-corrected chi connectivity index (χ1v) is 17.1. The lowest BCUT2D eigenvalue weighted by Gasteiger charge is -2.33. The van der Waals surface area contributed by atoms with Gasteiger partial charge in [-0.2, -0.15) is 0 Å². The van der Waals surface area contributed by atoms with E-state index in [0.29, 0.717) is 50.5 Å². The Kier molecular flexibility index (Phi) is 8.14. The van der Waals surface area contributed by atoms with Crippen molar-refractivity contribution in [3.8, 4) is 39.6 Å². The van der Waals surface area contributed by atoms with Gasteiger partial charge in [-0.15, -0.1) is 0 Å². The third kappa shape index (κ3) is 6.18. The van der Waals surface area contributed by atoms with E-state index >= 15 is 0 Å². The fourth-order valence-corrected chi connectivity index (χ4v) is 7.42. The molecule has 0 bridgehead atoms. The Bertz CT molecular complexity index is 2250. The maximum Gasteiger partial charge on any atom is 0.196 e. The van der Waals surface area contributed by atoms with E-state index in [4.69, 9.17) is 9.72 Å². The Morgan fingerprint density at radius 1 is 0.760 bits per heavy atom. The Morgan fingerprint density at radius 3 is 2.10 bits per heavy atom. The van der Waals surface area contributed by atoms with Gasteiger partial charge in [-0.25, -0.2) is 4.98 Å². The topological polar surface area (TPSA) is 74.7 Å². The summed E-state index contributed by atoms with van der Waals surface area (Å²) in [5.41, 5.74) is 8.31. The summed E-state index contributed by atoms with van der Waals surface area (Å²) in [5.74, 6) is 1.20. The van der Waals surface area contributed by atoms with E-state index in [1.807, 2.05) is 110 Å². The van der Waals surface area contributed by atoms with Crippen LogP contribution < -0.4 is 15.0 Å². The molecular weight excluding hydrogens is 619 g/mol. The first-order chi connectivity index (χ1) is 23.8. The van der Waals surface area contributed by atoms with Gasteiger partial charge in [-0.05, 0) is 76.4 Å². The molecule has 0 spiro atoms. The smallest absolute Gasteiger partial charge is 0.196 e. The van der Waals surface area contributed by atoms with Crippen LogP contribution in [0.3, 0.4) is 0 Å². The lowest BCUT2D eigenvalue weighted by Crippen LogP contribution is -2.24. The number of ether oxygens (including phenoxy) is 1. The van der Waals surface area contributed by atoms with Crippen LogP contribution in [0.5, 0.6) is 17.2 Å². The molecule has 0 amide bonds. The number of para-hydroxylation sites is 1. The van der Waals surface area contributed by atoms with Gasteiger partial charge < -0.3 is 20.1 Å². The highest BCUT2D eigenvalue weighted by atomic mass is 16.5. The van der Waals surface area contributed by atoms with Crippen LogP contribution in [0.2, 0.25) is 0 Å². The summed E-state index contributed by atoms with van der Waals surface area (Å²) in [5, 5.41) is 15.5. The van der Waals surface area contributed by atoms with Gasteiger partial charge in [0.05, 0.1) is 16.9 Å². The molecule has 6 heteroatoms. The summed E-state index contributed by atoms with van der Waals surface area (Å²) in [6.07, 6.45) is 1.04. The van der Waals surface area contributed by atoms with Crippen molar-refractivity contribution in [1.29, 1.82) is 0 Å². The minimum absolute atomic E-state index is 0.0157. The van der Waals surface area contributed by atoms with E-state index in [1.165, 1.54) is 5.56 Å². The van der Waals surface area contributed by atoms with Crippen LogP contribution in [-0.2, 0) is 5.41 Å². The van der Waals surface area contributed by atoms with E-state index in [2.05, 4.69) is 52.1 Å². The number of hydrogen-bond acceptors (Lipinski definition) is 6. The predicted octanol–water partition coefficient (Wildman–Crippen LogP) is 11.1. The van der Waals surface area contributed by atoms with Crippen molar-refractivity contribution >= 4 is 33.7 Å². The van der Waals surface area contributed by atoms with Crippen LogP contribution in [0.1, 0.15) is 62.5 Å². The number of benzene rings is 5.